The second kappa shape index (κ2) is 5.78. The molecular formula is C24H17NO. The van der Waals surface area contributed by atoms with E-state index < -0.39 is 0 Å². The van der Waals surface area contributed by atoms with Crippen LogP contribution in [0.3, 0.4) is 0 Å². The second-order valence-electron chi connectivity index (χ2n) is 6.41. The molecule has 0 aliphatic heterocycles. The molecule has 0 spiro atoms. The molecule has 0 aliphatic rings. The van der Waals surface area contributed by atoms with Crippen molar-refractivity contribution in [2.45, 2.75) is 0 Å². The normalized spacial score (nSPS) is 11.2. The van der Waals surface area contributed by atoms with Crippen LogP contribution in [0.1, 0.15) is 0 Å². The van der Waals surface area contributed by atoms with Gasteiger partial charge in [0.05, 0.1) is 0 Å². The van der Waals surface area contributed by atoms with Crippen LogP contribution in [-0.2, 0) is 0 Å². The third-order valence-corrected chi connectivity index (χ3v) is 4.86. The van der Waals surface area contributed by atoms with E-state index in [2.05, 4.69) is 48.5 Å². The number of hydrogen-bond donors (Lipinski definition) is 1. The van der Waals surface area contributed by atoms with Crippen LogP contribution in [0.2, 0.25) is 0 Å². The van der Waals surface area contributed by atoms with Gasteiger partial charge in [0.25, 0.3) is 0 Å². The number of furan rings is 1. The van der Waals surface area contributed by atoms with Crippen molar-refractivity contribution in [3.63, 3.8) is 0 Å². The minimum absolute atomic E-state index is 0.766. The highest BCUT2D eigenvalue weighted by atomic mass is 16.3. The van der Waals surface area contributed by atoms with E-state index in [0.717, 1.165) is 49.9 Å². The molecule has 1 heterocycles. The third kappa shape index (κ3) is 2.20. The van der Waals surface area contributed by atoms with Crippen molar-refractivity contribution in [3.8, 4) is 22.3 Å². The molecule has 0 atom stereocenters. The summed E-state index contributed by atoms with van der Waals surface area (Å²) >= 11 is 0. The lowest BCUT2D eigenvalue weighted by Gasteiger charge is -2.14. The summed E-state index contributed by atoms with van der Waals surface area (Å²) in [5, 5.41) is 2.22. The summed E-state index contributed by atoms with van der Waals surface area (Å²) in [6, 6.07) is 30.8. The Hall–Kier alpha value is -3.52. The van der Waals surface area contributed by atoms with E-state index in [4.69, 9.17) is 10.2 Å². The Bertz CT molecular complexity index is 1240. The smallest absolute Gasteiger partial charge is 0.136 e. The summed E-state index contributed by atoms with van der Waals surface area (Å²) < 4.78 is 6.10. The standard InChI is InChI=1S/C24H17NO/c25-20-12-6-4-10-18(20)23-17(16-8-2-1-3-9-16)14-15-22-24(23)19-11-5-7-13-21(19)26-22/h1-15H,25H2. The van der Waals surface area contributed by atoms with Gasteiger partial charge in [-0.1, -0.05) is 72.8 Å². The van der Waals surface area contributed by atoms with Gasteiger partial charge in [0.1, 0.15) is 11.2 Å². The maximum absolute atomic E-state index is 6.37. The Balaban J connectivity index is 1.99. The first-order chi connectivity index (χ1) is 12.8. The average Bonchev–Trinajstić information content (AvgIpc) is 3.07. The minimum Gasteiger partial charge on any atom is -0.456 e. The first-order valence-electron chi connectivity index (χ1n) is 8.67. The number of nitrogen functional groups attached to an aromatic ring is 1. The molecule has 124 valence electrons. The van der Waals surface area contributed by atoms with Crippen LogP contribution in [0.4, 0.5) is 5.69 Å². The van der Waals surface area contributed by atoms with Crippen molar-refractivity contribution in [1.29, 1.82) is 0 Å². The van der Waals surface area contributed by atoms with Gasteiger partial charge in [0, 0.05) is 27.6 Å². The molecule has 2 nitrogen and oxygen atoms in total. The number of fused-ring (bicyclic) bond motifs is 3. The van der Waals surface area contributed by atoms with Gasteiger partial charge in [-0.3, -0.25) is 0 Å². The Morgan fingerprint density at radius 3 is 2.15 bits per heavy atom. The maximum atomic E-state index is 6.37. The van der Waals surface area contributed by atoms with Gasteiger partial charge in [0.15, 0.2) is 0 Å². The number of hydrogen-bond acceptors (Lipinski definition) is 2. The fraction of sp³-hybridized carbons (Fsp3) is 0. The molecule has 0 unspecified atom stereocenters. The summed E-state index contributed by atoms with van der Waals surface area (Å²) in [7, 11) is 0. The van der Waals surface area contributed by atoms with E-state index >= 15 is 0 Å². The van der Waals surface area contributed by atoms with Crippen molar-refractivity contribution in [2.24, 2.45) is 0 Å². The van der Waals surface area contributed by atoms with Crippen LogP contribution in [-0.4, -0.2) is 0 Å². The van der Waals surface area contributed by atoms with E-state index in [-0.39, 0.29) is 0 Å². The molecule has 0 fully saturated rings. The molecule has 0 bridgehead atoms. The van der Waals surface area contributed by atoms with E-state index in [1.807, 2.05) is 42.5 Å². The summed E-state index contributed by atoms with van der Waals surface area (Å²) in [5.74, 6) is 0. The molecule has 0 saturated heterocycles. The zero-order valence-electron chi connectivity index (χ0n) is 14.1. The van der Waals surface area contributed by atoms with Crippen molar-refractivity contribution < 1.29 is 4.42 Å². The van der Waals surface area contributed by atoms with E-state index in [0.29, 0.717) is 0 Å². The molecule has 0 aliphatic carbocycles. The first kappa shape index (κ1) is 14.8. The molecule has 26 heavy (non-hydrogen) atoms. The predicted octanol–water partition coefficient (Wildman–Crippen LogP) is 6.50. The van der Waals surface area contributed by atoms with Crippen LogP contribution in [0, 0.1) is 0 Å². The SMILES string of the molecule is Nc1ccccc1-c1c(-c2ccccc2)ccc2oc3ccccc3c12. The highest BCUT2D eigenvalue weighted by molar-refractivity contribution is 6.16. The third-order valence-electron chi connectivity index (χ3n) is 4.86. The number of para-hydroxylation sites is 2. The lowest BCUT2D eigenvalue weighted by Crippen LogP contribution is -1.92. The number of anilines is 1. The van der Waals surface area contributed by atoms with Crippen molar-refractivity contribution in [2.75, 3.05) is 5.73 Å². The van der Waals surface area contributed by atoms with Crippen LogP contribution in [0.15, 0.2) is 95.4 Å². The summed E-state index contributed by atoms with van der Waals surface area (Å²) in [4.78, 5) is 0. The highest BCUT2D eigenvalue weighted by Gasteiger charge is 2.18. The molecule has 1 aromatic heterocycles. The fourth-order valence-electron chi connectivity index (χ4n) is 3.68. The predicted molar refractivity (Wildman–Crippen MR) is 109 cm³/mol. The van der Waals surface area contributed by atoms with E-state index in [1.54, 1.807) is 0 Å². The zero-order chi connectivity index (χ0) is 17.5. The first-order valence-corrected chi connectivity index (χ1v) is 8.67. The number of rotatable bonds is 2. The van der Waals surface area contributed by atoms with Crippen LogP contribution in [0.25, 0.3) is 44.2 Å². The van der Waals surface area contributed by atoms with Gasteiger partial charge in [0.2, 0.25) is 0 Å². The molecule has 5 rings (SSSR count). The topological polar surface area (TPSA) is 39.2 Å². The average molecular weight is 335 g/mol. The van der Waals surface area contributed by atoms with Crippen LogP contribution >= 0.6 is 0 Å². The van der Waals surface area contributed by atoms with Crippen molar-refractivity contribution in [3.05, 3.63) is 91.0 Å². The number of nitrogens with two attached hydrogens (primary N) is 1. The molecule has 0 amide bonds. The van der Waals surface area contributed by atoms with Crippen LogP contribution in [0.5, 0.6) is 0 Å². The number of benzene rings is 4. The minimum atomic E-state index is 0.766. The molecule has 2 N–H and O–H groups in total. The van der Waals surface area contributed by atoms with Gasteiger partial charge in [-0.15, -0.1) is 0 Å². The summed E-state index contributed by atoms with van der Waals surface area (Å²) in [6.45, 7) is 0. The molecule has 4 aromatic carbocycles. The van der Waals surface area contributed by atoms with E-state index in [9.17, 15) is 0 Å². The Labute approximate surface area is 151 Å². The summed E-state index contributed by atoms with van der Waals surface area (Å²) in [5.41, 5.74) is 13.4. The molecule has 5 aromatic rings. The summed E-state index contributed by atoms with van der Waals surface area (Å²) in [6.07, 6.45) is 0. The molecule has 0 radical (unpaired) electrons. The van der Waals surface area contributed by atoms with Gasteiger partial charge in [-0.05, 0) is 29.3 Å². The molecule has 0 saturated carbocycles. The Morgan fingerprint density at radius 2 is 1.31 bits per heavy atom. The maximum Gasteiger partial charge on any atom is 0.136 e. The Kier molecular flexibility index (Phi) is 3.29. The van der Waals surface area contributed by atoms with Crippen molar-refractivity contribution in [1.82, 2.24) is 0 Å². The van der Waals surface area contributed by atoms with Crippen molar-refractivity contribution >= 4 is 27.6 Å². The molecular weight excluding hydrogens is 318 g/mol. The largest absolute Gasteiger partial charge is 0.456 e. The molecule has 2 heteroatoms. The monoisotopic (exact) mass is 335 g/mol. The van der Waals surface area contributed by atoms with Gasteiger partial charge < -0.3 is 10.2 Å². The van der Waals surface area contributed by atoms with E-state index in [1.165, 1.54) is 0 Å². The lowest BCUT2D eigenvalue weighted by atomic mass is 9.90. The van der Waals surface area contributed by atoms with Gasteiger partial charge in [-0.25, -0.2) is 0 Å². The van der Waals surface area contributed by atoms with Gasteiger partial charge >= 0.3 is 0 Å². The zero-order valence-corrected chi connectivity index (χ0v) is 14.1. The highest BCUT2D eigenvalue weighted by Crippen LogP contribution is 2.44. The quantitative estimate of drug-likeness (QED) is 0.374. The van der Waals surface area contributed by atoms with Crippen LogP contribution < -0.4 is 5.73 Å². The van der Waals surface area contributed by atoms with Gasteiger partial charge in [-0.2, -0.15) is 0 Å². The second-order valence-corrected chi connectivity index (χ2v) is 6.41. The fourth-order valence-corrected chi connectivity index (χ4v) is 3.68. The lowest BCUT2D eigenvalue weighted by molar-refractivity contribution is 0.669. The Morgan fingerprint density at radius 1 is 0.577 bits per heavy atom.